The van der Waals surface area contributed by atoms with E-state index in [0.717, 1.165) is 0 Å². The molecule has 1 rings (SSSR count). The molecule has 0 aromatic rings. The summed E-state index contributed by atoms with van der Waals surface area (Å²) in [4.78, 5) is 16.7. The van der Waals surface area contributed by atoms with Crippen LogP contribution in [0.2, 0.25) is 55.8 Å². The number of hydrogen-bond donors (Lipinski definition) is 0. The Kier molecular flexibility index (Phi) is 5.40. The minimum atomic E-state index is -1.58. The molecular weight excluding hydrogens is 528 g/mol. The number of rotatable bonds is 0. The Balaban J connectivity index is 2.98. The normalized spacial score (nSPS) is 31.5. The van der Waals surface area contributed by atoms with Gasteiger partial charge in [-0.3, -0.25) is 0 Å². The molecule has 1 fully saturated rings. The van der Waals surface area contributed by atoms with Gasteiger partial charge >= 0.3 is 119 Å². The van der Waals surface area contributed by atoms with Gasteiger partial charge in [0, 0.05) is 0 Å². The second-order valence-corrected chi connectivity index (χ2v) is 73.1. The van der Waals surface area contributed by atoms with Crippen LogP contribution in [0.5, 0.6) is 0 Å². The molecule has 0 radical (unpaired) electrons. The predicted octanol–water partition coefficient (Wildman–Crippen LogP) is 4.99. The molecule has 4 heteroatoms. The van der Waals surface area contributed by atoms with E-state index >= 15 is 0 Å². The average molecular weight is 561 g/mol. The predicted molar refractivity (Wildman–Crippen MR) is 89.2 cm³/mol. The molecule has 0 aromatic carbocycles. The second kappa shape index (κ2) is 5.19. The van der Waals surface area contributed by atoms with E-state index in [4.69, 9.17) is 0 Å². The molecule has 0 atom stereocenters. The summed E-state index contributed by atoms with van der Waals surface area (Å²) in [6, 6.07) is 0. The Labute approximate surface area is 117 Å². The Hall–Kier alpha value is 2.61. The zero-order valence-corrected chi connectivity index (χ0v) is 22.4. The van der Waals surface area contributed by atoms with Crippen molar-refractivity contribution >= 4 is 63.2 Å². The monoisotopic (exact) mass is 564 g/mol. The van der Waals surface area contributed by atoms with E-state index in [0.29, 0.717) is 0 Å². The van der Waals surface area contributed by atoms with Crippen molar-refractivity contribution in [1.82, 2.24) is 0 Å². The third-order valence-electron chi connectivity index (χ3n) is 3.83. The first-order valence-corrected chi connectivity index (χ1v) is 39.5. The molecular formula is C12H32SiSn3. The molecule has 0 amide bonds. The van der Waals surface area contributed by atoms with Crippen LogP contribution in [-0.2, 0) is 0 Å². The Morgan fingerprint density at radius 1 is 0.625 bits per heavy atom. The van der Waals surface area contributed by atoms with Crippen LogP contribution < -0.4 is 0 Å². The van der Waals surface area contributed by atoms with Crippen LogP contribution in [0, 0.1) is 0 Å². The molecule has 0 aliphatic carbocycles. The summed E-state index contributed by atoms with van der Waals surface area (Å²) in [5.74, 6) is 0. The fraction of sp³-hybridized carbons (Fsp3) is 1.00. The molecule has 0 nitrogen and oxygen atoms in total. The Morgan fingerprint density at radius 2 is 0.938 bits per heavy atom. The van der Waals surface area contributed by atoms with Gasteiger partial charge in [-0.1, -0.05) is 0 Å². The molecule has 1 aliphatic rings. The van der Waals surface area contributed by atoms with Crippen molar-refractivity contribution in [2.45, 2.75) is 55.8 Å². The van der Waals surface area contributed by atoms with Crippen LogP contribution in [-0.4, -0.2) is 63.2 Å². The van der Waals surface area contributed by atoms with Crippen molar-refractivity contribution in [2.75, 3.05) is 0 Å². The maximum absolute atomic E-state index is 2.78. The molecule has 0 N–H and O–H groups in total. The molecule has 0 unspecified atom stereocenters. The molecule has 1 saturated heterocycles. The van der Waals surface area contributed by atoms with E-state index in [1.54, 1.807) is 0 Å². The van der Waals surface area contributed by atoms with Gasteiger partial charge in [-0.25, -0.2) is 0 Å². The van der Waals surface area contributed by atoms with E-state index < -0.39 is 63.2 Å². The SMILES string of the molecule is C[Si]1(C)[CH2][Sn]([CH3])([CH3])[CH2][Sn]([CH3])([CH3])[CH2][Sn]([CH3])([CH3])[CH2]1. The third kappa shape index (κ3) is 5.72. The maximum atomic E-state index is 2.78. The standard InChI is InChI=1S/C4H10Si.6CH3.2CH2.3Sn/c1-5(2,3)4;;;;;;;;;;;/h1-2H2,3-4H3;6*1H3;2*1H2;;;. The van der Waals surface area contributed by atoms with Crippen LogP contribution >= 0.6 is 0 Å². The molecule has 0 saturated carbocycles. The van der Waals surface area contributed by atoms with E-state index in [9.17, 15) is 0 Å². The van der Waals surface area contributed by atoms with Crippen molar-refractivity contribution in [3.63, 3.8) is 0 Å². The summed E-state index contributed by atoms with van der Waals surface area (Å²) >= 11 is -4.73. The van der Waals surface area contributed by atoms with Gasteiger partial charge in [0.1, 0.15) is 0 Å². The summed E-state index contributed by atoms with van der Waals surface area (Å²) in [7, 11) is -0.786. The van der Waals surface area contributed by atoms with E-state index in [2.05, 4.69) is 42.7 Å². The molecule has 0 spiro atoms. The summed E-state index contributed by atoms with van der Waals surface area (Å²) in [5.41, 5.74) is 0. The molecule has 1 heterocycles. The van der Waals surface area contributed by atoms with E-state index in [1.165, 1.54) is 0 Å². The molecule has 1 aliphatic heterocycles. The average Bonchev–Trinajstić information content (AvgIpc) is 1.67. The van der Waals surface area contributed by atoms with E-state index in [1.807, 2.05) is 13.0 Å². The third-order valence-corrected chi connectivity index (χ3v) is 125. The van der Waals surface area contributed by atoms with Crippen molar-refractivity contribution in [2.24, 2.45) is 0 Å². The summed E-state index contributed by atoms with van der Waals surface area (Å²) < 4.78 is 7.34. The van der Waals surface area contributed by atoms with Gasteiger partial charge in [-0.15, -0.1) is 0 Å². The minimum absolute atomic E-state index is 0.786. The van der Waals surface area contributed by atoms with Crippen LogP contribution in [0.3, 0.4) is 0 Å². The molecule has 0 bridgehead atoms. The number of hydrogen-bond acceptors (Lipinski definition) is 0. The fourth-order valence-corrected chi connectivity index (χ4v) is 213. The van der Waals surface area contributed by atoms with Gasteiger partial charge in [-0.2, -0.15) is 0 Å². The van der Waals surface area contributed by atoms with Crippen LogP contribution in [0.1, 0.15) is 0 Å². The van der Waals surface area contributed by atoms with E-state index in [-0.39, 0.29) is 0 Å². The van der Waals surface area contributed by atoms with Gasteiger partial charge in [0.2, 0.25) is 0 Å². The quantitative estimate of drug-likeness (QED) is 0.367. The fourth-order valence-electron chi connectivity index (χ4n) is 5.43. The van der Waals surface area contributed by atoms with Gasteiger partial charge in [0.15, 0.2) is 0 Å². The Morgan fingerprint density at radius 3 is 1.25 bits per heavy atom. The topological polar surface area (TPSA) is 0 Å². The first-order valence-electron chi connectivity index (χ1n) is 6.83. The van der Waals surface area contributed by atoms with Gasteiger partial charge in [0.05, 0.1) is 0 Å². The zero-order chi connectivity index (χ0) is 12.8. The zero-order valence-electron chi connectivity index (χ0n) is 12.8. The van der Waals surface area contributed by atoms with Crippen molar-refractivity contribution in [1.29, 1.82) is 0 Å². The van der Waals surface area contributed by atoms with Crippen LogP contribution in [0.25, 0.3) is 0 Å². The van der Waals surface area contributed by atoms with Crippen molar-refractivity contribution in [3.05, 3.63) is 0 Å². The van der Waals surface area contributed by atoms with Gasteiger partial charge < -0.3 is 0 Å². The first kappa shape index (κ1) is 16.7. The summed E-state index contributed by atoms with van der Waals surface area (Å²) in [6.45, 7) is 5.44. The van der Waals surface area contributed by atoms with Crippen LogP contribution in [0.15, 0.2) is 0 Å². The molecule has 0 aromatic heterocycles. The molecule has 16 heavy (non-hydrogen) atoms. The Bertz CT molecular complexity index is 197. The summed E-state index contributed by atoms with van der Waals surface area (Å²) in [5, 5.41) is 0. The van der Waals surface area contributed by atoms with Gasteiger partial charge in [0.25, 0.3) is 0 Å². The molecule has 96 valence electrons. The van der Waals surface area contributed by atoms with Gasteiger partial charge in [-0.05, 0) is 0 Å². The first-order chi connectivity index (χ1) is 6.83. The van der Waals surface area contributed by atoms with Crippen molar-refractivity contribution < 1.29 is 0 Å². The van der Waals surface area contributed by atoms with Crippen molar-refractivity contribution in [3.8, 4) is 0 Å². The summed E-state index contributed by atoms with van der Waals surface area (Å²) in [6.07, 6.45) is 0. The second-order valence-electron chi connectivity index (χ2n) is 9.36. The van der Waals surface area contributed by atoms with Crippen LogP contribution in [0.4, 0.5) is 0 Å².